The van der Waals surface area contributed by atoms with E-state index in [2.05, 4.69) is 4.90 Å². The molecule has 1 aliphatic rings. The number of hydrogen-bond donors (Lipinski definition) is 2. The first kappa shape index (κ1) is 13.7. The van der Waals surface area contributed by atoms with Crippen molar-refractivity contribution in [3.63, 3.8) is 0 Å². The molecule has 1 saturated heterocycles. The average molecular weight is 270 g/mol. The first-order valence-electron chi connectivity index (χ1n) is 6.39. The van der Waals surface area contributed by atoms with E-state index in [0.29, 0.717) is 5.02 Å². The Labute approximate surface area is 113 Å². The van der Waals surface area contributed by atoms with Gasteiger partial charge >= 0.3 is 0 Å². The van der Waals surface area contributed by atoms with Crippen molar-refractivity contribution in [2.24, 2.45) is 0 Å². The third-order valence-electron chi connectivity index (χ3n) is 3.62. The summed E-state index contributed by atoms with van der Waals surface area (Å²) in [6.07, 6.45) is 2.47. The van der Waals surface area contributed by atoms with Gasteiger partial charge in [0.2, 0.25) is 0 Å². The quantitative estimate of drug-likeness (QED) is 0.867. The molecule has 1 aromatic carbocycles. The summed E-state index contributed by atoms with van der Waals surface area (Å²) in [5.41, 5.74) is 1.18. The van der Waals surface area contributed by atoms with E-state index in [4.69, 9.17) is 11.6 Å². The molecule has 2 rings (SSSR count). The van der Waals surface area contributed by atoms with Crippen LogP contribution in [0.4, 0.5) is 5.69 Å². The van der Waals surface area contributed by atoms with Crippen molar-refractivity contribution >= 4 is 17.3 Å². The summed E-state index contributed by atoms with van der Waals surface area (Å²) >= 11 is 6.25. The second kappa shape index (κ2) is 5.47. The number of anilines is 1. The molecule has 1 aromatic rings. The molecule has 0 radical (unpaired) electrons. The molecular weight excluding hydrogens is 250 g/mol. The second-order valence-corrected chi connectivity index (χ2v) is 5.65. The minimum Gasteiger partial charge on any atom is -0.392 e. The van der Waals surface area contributed by atoms with Crippen LogP contribution in [0.2, 0.25) is 5.02 Å². The lowest BCUT2D eigenvalue weighted by molar-refractivity contribution is 0.0481. The highest BCUT2D eigenvalue weighted by molar-refractivity contribution is 6.33. The van der Waals surface area contributed by atoms with E-state index in [1.54, 1.807) is 0 Å². The topological polar surface area (TPSA) is 43.7 Å². The molecule has 1 fully saturated rings. The van der Waals surface area contributed by atoms with Crippen LogP contribution in [0.15, 0.2) is 18.2 Å². The van der Waals surface area contributed by atoms with Gasteiger partial charge in [-0.05, 0) is 32.3 Å². The van der Waals surface area contributed by atoms with Crippen LogP contribution in [0.25, 0.3) is 0 Å². The maximum Gasteiger partial charge on any atom is 0.0702 e. The Balaban J connectivity index is 2.26. The van der Waals surface area contributed by atoms with Crippen LogP contribution in [-0.2, 0) is 6.61 Å². The van der Waals surface area contributed by atoms with Crippen molar-refractivity contribution in [3.05, 3.63) is 28.8 Å². The smallest absolute Gasteiger partial charge is 0.0702 e. The summed E-state index contributed by atoms with van der Waals surface area (Å²) in [5.74, 6) is 0. The van der Waals surface area contributed by atoms with Gasteiger partial charge in [0, 0.05) is 18.7 Å². The molecule has 1 atom stereocenters. The van der Waals surface area contributed by atoms with Gasteiger partial charge < -0.3 is 15.1 Å². The Morgan fingerprint density at radius 1 is 1.33 bits per heavy atom. The van der Waals surface area contributed by atoms with E-state index in [1.165, 1.54) is 0 Å². The molecule has 0 amide bonds. The van der Waals surface area contributed by atoms with E-state index in [1.807, 2.05) is 25.1 Å². The van der Waals surface area contributed by atoms with Gasteiger partial charge in [-0.2, -0.15) is 0 Å². The summed E-state index contributed by atoms with van der Waals surface area (Å²) < 4.78 is 0. The fourth-order valence-electron chi connectivity index (χ4n) is 2.53. The number of rotatable bonds is 2. The largest absolute Gasteiger partial charge is 0.392 e. The van der Waals surface area contributed by atoms with Crippen LogP contribution in [-0.4, -0.2) is 28.9 Å². The van der Waals surface area contributed by atoms with Crippen molar-refractivity contribution in [1.82, 2.24) is 0 Å². The van der Waals surface area contributed by atoms with Gasteiger partial charge in [-0.3, -0.25) is 0 Å². The minimum atomic E-state index is -0.588. The number of halogens is 1. The Morgan fingerprint density at radius 2 is 2.11 bits per heavy atom. The van der Waals surface area contributed by atoms with Crippen LogP contribution in [0, 0.1) is 0 Å². The third-order valence-corrected chi connectivity index (χ3v) is 3.93. The summed E-state index contributed by atoms with van der Waals surface area (Å²) in [5, 5.41) is 20.2. The zero-order valence-electron chi connectivity index (χ0n) is 10.7. The maximum absolute atomic E-state index is 10.1. The first-order valence-corrected chi connectivity index (χ1v) is 6.77. The van der Waals surface area contributed by atoms with Gasteiger partial charge in [-0.1, -0.05) is 23.7 Å². The Hall–Kier alpha value is -0.770. The zero-order chi connectivity index (χ0) is 13.2. The van der Waals surface area contributed by atoms with E-state index >= 15 is 0 Å². The molecule has 0 saturated carbocycles. The lowest BCUT2D eigenvalue weighted by Gasteiger charge is -2.27. The number of nitrogens with zero attached hydrogens (tertiary/aromatic N) is 1. The second-order valence-electron chi connectivity index (χ2n) is 5.24. The Bertz CT molecular complexity index is 420. The molecule has 1 aliphatic heterocycles. The molecular formula is C14H20ClNO2. The predicted molar refractivity (Wildman–Crippen MR) is 74.1 cm³/mol. The van der Waals surface area contributed by atoms with E-state index in [0.717, 1.165) is 43.6 Å². The molecule has 1 unspecified atom stereocenters. The van der Waals surface area contributed by atoms with Crippen LogP contribution >= 0.6 is 11.6 Å². The molecule has 0 spiro atoms. The molecule has 0 aromatic heterocycles. The highest BCUT2D eigenvalue weighted by Crippen LogP contribution is 2.33. The summed E-state index contributed by atoms with van der Waals surface area (Å²) in [6.45, 7) is 3.51. The zero-order valence-corrected chi connectivity index (χ0v) is 11.5. The summed E-state index contributed by atoms with van der Waals surface area (Å²) in [7, 11) is 0. The number of aliphatic hydroxyl groups excluding tert-OH is 1. The van der Waals surface area contributed by atoms with Gasteiger partial charge in [0.05, 0.1) is 22.9 Å². The van der Waals surface area contributed by atoms with Crippen molar-refractivity contribution in [2.45, 2.75) is 38.4 Å². The van der Waals surface area contributed by atoms with Gasteiger partial charge in [0.25, 0.3) is 0 Å². The molecule has 100 valence electrons. The molecule has 2 N–H and O–H groups in total. The van der Waals surface area contributed by atoms with Crippen molar-refractivity contribution < 1.29 is 10.2 Å². The molecule has 0 aliphatic carbocycles. The fourth-order valence-corrected chi connectivity index (χ4v) is 2.84. The molecule has 3 nitrogen and oxygen atoms in total. The summed E-state index contributed by atoms with van der Waals surface area (Å²) in [6, 6.07) is 5.59. The van der Waals surface area contributed by atoms with Crippen LogP contribution in [0.3, 0.4) is 0 Å². The molecule has 4 heteroatoms. The molecule has 1 heterocycles. The average Bonchev–Trinajstić information content (AvgIpc) is 2.50. The van der Waals surface area contributed by atoms with Gasteiger partial charge in [-0.25, -0.2) is 0 Å². The number of para-hydroxylation sites is 1. The lowest BCUT2D eigenvalue weighted by atomic mass is 9.98. The predicted octanol–water partition coefficient (Wildman–Crippen LogP) is 2.57. The number of benzene rings is 1. The number of aliphatic hydroxyl groups is 2. The lowest BCUT2D eigenvalue weighted by Crippen LogP contribution is -2.29. The highest BCUT2D eigenvalue weighted by atomic mass is 35.5. The monoisotopic (exact) mass is 269 g/mol. The first-order chi connectivity index (χ1) is 8.53. The van der Waals surface area contributed by atoms with Gasteiger partial charge in [0.15, 0.2) is 0 Å². The molecule has 18 heavy (non-hydrogen) atoms. The molecule has 0 bridgehead atoms. The SMILES string of the molecule is CC1(O)CCCN(c2c(Cl)cccc2CO)CC1. The maximum atomic E-state index is 10.1. The van der Waals surface area contributed by atoms with Crippen LogP contribution in [0.5, 0.6) is 0 Å². The Kier molecular flexibility index (Phi) is 4.15. The van der Waals surface area contributed by atoms with Crippen molar-refractivity contribution in [2.75, 3.05) is 18.0 Å². The number of hydrogen-bond acceptors (Lipinski definition) is 3. The van der Waals surface area contributed by atoms with Crippen LogP contribution in [0.1, 0.15) is 31.7 Å². The summed E-state index contributed by atoms with van der Waals surface area (Å²) in [4.78, 5) is 2.18. The fraction of sp³-hybridized carbons (Fsp3) is 0.571. The Morgan fingerprint density at radius 3 is 2.83 bits per heavy atom. The van der Waals surface area contributed by atoms with Gasteiger partial charge in [0.1, 0.15) is 0 Å². The van der Waals surface area contributed by atoms with E-state index in [9.17, 15) is 10.2 Å². The standard InChI is InChI=1S/C14H20ClNO2/c1-14(18)6-3-8-16(9-7-14)13-11(10-17)4-2-5-12(13)15/h2,4-5,17-18H,3,6-10H2,1H3. The van der Waals surface area contributed by atoms with Crippen LogP contribution < -0.4 is 4.90 Å². The van der Waals surface area contributed by atoms with E-state index in [-0.39, 0.29) is 6.61 Å². The van der Waals surface area contributed by atoms with E-state index < -0.39 is 5.60 Å². The third kappa shape index (κ3) is 2.97. The van der Waals surface area contributed by atoms with Crippen molar-refractivity contribution in [1.29, 1.82) is 0 Å². The normalized spacial score (nSPS) is 25.0. The van der Waals surface area contributed by atoms with Gasteiger partial charge in [-0.15, -0.1) is 0 Å². The highest BCUT2D eigenvalue weighted by Gasteiger charge is 2.26. The van der Waals surface area contributed by atoms with Crippen molar-refractivity contribution in [3.8, 4) is 0 Å². The minimum absolute atomic E-state index is 0.0111.